The summed E-state index contributed by atoms with van der Waals surface area (Å²) in [6.07, 6.45) is 2.20. The molecule has 1 aromatic carbocycles. The van der Waals surface area contributed by atoms with Crippen molar-refractivity contribution in [3.63, 3.8) is 0 Å². The second-order valence-electron chi connectivity index (χ2n) is 8.91. The Labute approximate surface area is 187 Å². The second-order valence-corrected chi connectivity index (χ2v) is 10.3. The molecule has 3 aliphatic rings. The topological polar surface area (TPSA) is 116 Å². The molecule has 3 heterocycles. The Kier molecular flexibility index (Phi) is 6.44. The maximum absolute atomic E-state index is 12.5. The van der Waals surface area contributed by atoms with E-state index in [4.69, 9.17) is 5.73 Å². The minimum atomic E-state index is -1.06. The second kappa shape index (κ2) is 8.94. The van der Waals surface area contributed by atoms with Gasteiger partial charge in [-0.25, -0.2) is 4.79 Å². The summed E-state index contributed by atoms with van der Waals surface area (Å²) in [5.74, 6) is -1.92. The molecule has 6 atom stereocenters. The van der Waals surface area contributed by atoms with Crippen LogP contribution in [0.1, 0.15) is 37.8 Å². The highest BCUT2D eigenvalue weighted by atomic mass is 32.2. The van der Waals surface area contributed by atoms with E-state index < -0.39 is 18.0 Å². The SMILES string of the molecule is CC(O)C1C(=O)N2C(C(=O)O)=C(SC3CNC(CCc4ccc(CN)cc4)C3)C(C)[C@@H]12. The number of benzene rings is 1. The van der Waals surface area contributed by atoms with Crippen molar-refractivity contribution in [2.24, 2.45) is 17.6 Å². The quantitative estimate of drug-likeness (QED) is 0.450. The number of carboxylic acids is 1. The average molecular weight is 446 g/mol. The van der Waals surface area contributed by atoms with Crippen LogP contribution in [0.15, 0.2) is 34.9 Å². The number of hydrogen-bond donors (Lipinski definition) is 4. The predicted octanol–water partition coefficient (Wildman–Crippen LogP) is 1.70. The van der Waals surface area contributed by atoms with Crippen LogP contribution >= 0.6 is 11.8 Å². The Morgan fingerprint density at radius 1 is 1.32 bits per heavy atom. The zero-order chi connectivity index (χ0) is 22.3. The smallest absolute Gasteiger partial charge is 0.353 e. The van der Waals surface area contributed by atoms with Gasteiger partial charge in [0, 0.05) is 35.2 Å². The summed E-state index contributed by atoms with van der Waals surface area (Å²) in [5.41, 5.74) is 8.20. The van der Waals surface area contributed by atoms with E-state index in [1.807, 2.05) is 6.92 Å². The lowest BCUT2D eigenvalue weighted by atomic mass is 9.79. The number of aliphatic hydroxyl groups is 1. The molecule has 8 heteroatoms. The monoisotopic (exact) mass is 445 g/mol. The van der Waals surface area contributed by atoms with Crippen molar-refractivity contribution in [3.8, 4) is 0 Å². The van der Waals surface area contributed by atoms with E-state index in [0.717, 1.165) is 36.3 Å². The molecule has 2 saturated heterocycles. The molecule has 168 valence electrons. The first kappa shape index (κ1) is 22.3. The van der Waals surface area contributed by atoms with Crippen LogP contribution in [0.4, 0.5) is 0 Å². The molecule has 1 amide bonds. The maximum atomic E-state index is 12.5. The molecule has 2 fully saturated rings. The minimum absolute atomic E-state index is 0.0755. The number of rotatable bonds is 8. The van der Waals surface area contributed by atoms with Crippen LogP contribution in [0, 0.1) is 11.8 Å². The molecular formula is C23H31N3O4S. The van der Waals surface area contributed by atoms with Crippen molar-refractivity contribution >= 4 is 23.6 Å². The van der Waals surface area contributed by atoms with Gasteiger partial charge in [-0.15, -0.1) is 11.8 Å². The molecule has 4 rings (SSSR count). The Hall–Kier alpha value is -1.87. The molecule has 5 unspecified atom stereocenters. The van der Waals surface area contributed by atoms with Crippen LogP contribution in [-0.4, -0.2) is 57.0 Å². The lowest BCUT2D eigenvalue weighted by Crippen LogP contribution is -2.63. The van der Waals surface area contributed by atoms with Gasteiger partial charge in [0.05, 0.1) is 18.1 Å². The van der Waals surface area contributed by atoms with Gasteiger partial charge in [0.1, 0.15) is 5.70 Å². The number of nitrogens with zero attached hydrogens (tertiary/aromatic N) is 1. The van der Waals surface area contributed by atoms with E-state index >= 15 is 0 Å². The number of nitrogens with two attached hydrogens (primary N) is 1. The van der Waals surface area contributed by atoms with Gasteiger partial charge >= 0.3 is 5.97 Å². The van der Waals surface area contributed by atoms with Crippen LogP contribution in [0.3, 0.4) is 0 Å². The molecule has 0 bridgehead atoms. The highest BCUT2D eigenvalue weighted by Crippen LogP contribution is 2.51. The van der Waals surface area contributed by atoms with Crippen LogP contribution in [0.25, 0.3) is 0 Å². The Bertz CT molecular complexity index is 885. The standard InChI is InChI=1S/C23H31N3O4S/c1-12-19-18(13(2)27)22(28)26(19)20(23(29)30)21(12)31-17-9-16(25-11-17)8-7-14-3-5-15(10-24)6-4-14/h3-6,12-13,16-19,25,27H,7-11,24H2,1-2H3,(H,29,30)/t12?,13?,16?,17?,18?,19-/m0/s1. The zero-order valence-corrected chi connectivity index (χ0v) is 18.8. The van der Waals surface area contributed by atoms with Gasteiger partial charge < -0.3 is 26.2 Å². The number of carboxylic acid groups (broad SMARTS) is 1. The average Bonchev–Trinajstić information content (AvgIpc) is 3.28. The molecule has 0 radical (unpaired) electrons. The number of carbonyl (C=O) groups excluding carboxylic acids is 1. The van der Waals surface area contributed by atoms with Gasteiger partial charge in [0.15, 0.2) is 0 Å². The summed E-state index contributed by atoms with van der Waals surface area (Å²) < 4.78 is 0. The third-order valence-electron chi connectivity index (χ3n) is 6.83. The molecule has 0 aromatic heterocycles. The van der Waals surface area contributed by atoms with Crippen LogP contribution in [-0.2, 0) is 22.6 Å². The number of β-lactam (4-membered cyclic amide) rings is 1. The maximum Gasteiger partial charge on any atom is 0.353 e. The van der Waals surface area contributed by atoms with Gasteiger partial charge in [-0.1, -0.05) is 31.2 Å². The van der Waals surface area contributed by atoms with Gasteiger partial charge in [0.2, 0.25) is 5.91 Å². The first-order valence-corrected chi connectivity index (χ1v) is 11.9. The molecule has 31 heavy (non-hydrogen) atoms. The predicted molar refractivity (Wildman–Crippen MR) is 120 cm³/mol. The molecule has 0 saturated carbocycles. The van der Waals surface area contributed by atoms with Crippen molar-refractivity contribution in [2.75, 3.05) is 6.54 Å². The van der Waals surface area contributed by atoms with E-state index in [1.165, 1.54) is 10.5 Å². The summed E-state index contributed by atoms with van der Waals surface area (Å²) in [7, 11) is 0. The van der Waals surface area contributed by atoms with Gasteiger partial charge in [-0.2, -0.15) is 0 Å². The van der Waals surface area contributed by atoms with Crippen molar-refractivity contribution < 1.29 is 19.8 Å². The Morgan fingerprint density at radius 2 is 2.00 bits per heavy atom. The molecule has 0 spiro atoms. The highest BCUT2D eigenvalue weighted by Gasteiger charge is 2.60. The number of hydrogen-bond acceptors (Lipinski definition) is 6. The number of thioether (sulfide) groups is 1. The summed E-state index contributed by atoms with van der Waals surface area (Å²) in [6.45, 7) is 4.96. The zero-order valence-electron chi connectivity index (χ0n) is 18.0. The van der Waals surface area contributed by atoms with E-state index in [0.29, 0.717) is 12.6 Å². The lowest BCUT2D eigenvalue weighted by Gasteiger charge is -2.46. The van der Waals surface area contributed by atoms with Crippen molar-refractivity contribution in [1.29, 1.82) is 0 Å². The van der Waals surface area contributed by atoms with E-state index in [2.05, 4.69) is 29.6 Å². The van der Waals surface area contributed by atoms with Crippen molar-refractivity contribution in [3.05, 3.63) is 46.0 Å². The molecule has 5 N–H and O–H groups in total. The summed E-state index contributed by atoms with van der Waals surface area (Å²) in [6, 6.07) is 8.55. The Morgan fingerprint density at radius 3 is 2.61 bits per heavy atom. The van der Waals surface area contributed by atoms with Crippen LogP contribution < -0.4 is 11.1 Å². The summed E-state index contributed by atoms with van der Waals surface area (Å²) in [4.78, 5) is 26.6. The third kappa shape index (κ3) is 4.14. The molecule has 3 aliphatic heterocycles. The largest absolute Gasteiger partial charge is 0.477 e. The third-order valence-corrected chi connectivity index (χ3v) is 8.34. The molecule has 1 aromatic rings. The van der Waals surface area contributed by atoms with Gasteiger partial charge in [0.25, 0.3) is 0 Å². The van der Waals surface area contributed by atoms with E-state index in [1.54, 1.807) is 18.7 Å². The first-order valence-electron chi connectivity index (χ1n) is 11.0. The fraction of sp³-hybridized carbons (Fsp3) is 0.565. The van der Waals surface area contributed by atoms with Gasteiger partial charge in [-0.05, 0) is 37.3 Å². The van der Waals surface area contributed by atoms with Crippen molar-refractivity contribution in [1.82, 2.24) is 10.2 Å². The van der Waals surface area contributed by atoms with Crippen LogP contribution in [0.2, 0.25) is 0 Å². The van der Waals surface area contributed by atoms with Gasteiger partial charge in [-0.3, -0.25) is 4.79 Å². The number of aliphatic hydroxyl groups excluding tert-OH is 1. The fourth-order valence-electron chi connectivity index (χ4n) is 5.13. The summed E-state index contributed by atoms with van der Waals surface area (Å²) >= 11 is 1.60. The highest BCUT2D eigenvalue weighted by molar-refractivity contribution is 8.03. The Balaban J connectivity index is 1.38. The molecular weight excluding hydrogens is 414 g/mol. The van der Waals surface area contributed by atoms with Crippen molar-refractivity contribution in [2.45, 2.75) is 63.1 Å². The number of fused-ring (bicyclic) bond motifs is 1. The van der Waals surface area contributed by atoms with E-state index in [-0.39, 0.29) is 28.8 Å². The summed E-state index contributed by atoms with van der Waals surface area (Å²) in [5, 5.41) is 23.6. The number of carbonyl (C=O) groups is 2. The first-order chi connectivity index (χ1) is 14.8. The fourth-order valence-corrected chi connectivity index (χ4v) is 6.65. The minimum Gasteiger partial charge on any atom is -0.477 e. The number of aliphatic carboxylic acids is 1. The normalized spacial score (nSPS) is 31.0. The van der Waals surface area contributed by atoms with E-state index in [9.17, 15) is 19.8 Å². The molecule has 7 nitrogen and oxygen atoms in total. The number of nitrogens with one attached hydrogen (secondary N) is 1. The van der Waals surface area contributed by atoms with Crippen LogP contribution in [0.5, 0.6) is 0 Å². The number of amides is 1. The number of aryl methyl sites for hydroxylation is 1. The molecule has 0 aliphatic carbocycles. The lowest BCUT2D eigenvalue weighted by molar-refractivity contribution is -0.163.